The summed E-state index contributed by atoms with van der Waals surface area (Å²) in [6, 6.07) is 5.97. The van der Waals surface area contributed by atoms with Gasteiger partial charge in [0, 0.05) is 0 Å². The van der Waals surface area contributed by atoms with Crippen molar-refractivity contribution >= 4 is 20.4 Å². The summed E-state index contributed by atoms with van der Waals surface area (Å²) in [4.78, 5) is 0. The number of rotatable bonds is 0. The molecule has 0 amide bonds. The summed E-state index contributed by atoms with van der Waals surface area (Å²) in [7, 11) is 0. The van der Waals surface area contributed by atoms with Crippen LogP contribution >= 0.6 is 0 Å². The van der Waals surface area contributed by atoms with Gasteiger partial charge in [-0.1, -0.05) is 0 Å². The molecule has 0 spiro atoms. The second-order valence-corrected chi connectivity index (χ2v) is 3.79. The van der Waals surface area contributed by atoms with Gasteiger partial charge in [-0.05, 0) is 0 Å². The van der Waals surface area contributed by atoms with Gasteiger partial charge in [0.25, 0.3) is 0 Å². The molecule has 0 bridgehead atoms. The molecule has 0 fully saturated rings. The minimum absolute atomic E-state index is 0.156. The van der Waals surface area contributed by atoms with E-state index in [1.54, 1.807) is 0 Å². The van der Waals surface area contributed by atoms with E-state index >= 15 is 0 Å². The van der Waals surface area contributed by atoms with Gasteiger partial charge in [0.1, 0.15) is 0 Å². The summed E-state index contributed by atoms with van der Waals surface area (Å²) >= 11 is -0.156. The van der Waals surface area contributed by atoms with E-state index in [4.69, 9.17) is 5.26 Å². The van der Waals surface area contributed by atoms with Crippen molar-refractivity contribution in [3.05, 3.63) is 19.8 Å². The minimum atomic E-state index is -0.156. The Balaban J connectivity index is 3.04. The van der Waals surface area contributed by atoms with E-state index in [1.807, 2.05) is 12.1 Å². The maximum atomic E-state index is 8.24. The molecular formula is C5H3NTe. The average Bonchev–Trinajstić information content (AvgIpc) is 2.14. The van der Waals surface area contributed by atoms with Crippen LogP contribution in [0.1, 0.15) is 3.58 Å². The molecule has 0 N–H and O–H groups in total. The van der Waals surface area contributed by atoms with Gasteiger partial charge in [0.05, 0.1) is 0 Å². The average molecular weight is 205 g/mol. The third-order valence-electron chi connectivity index (χ3n) is 0.631. The summed E-state index contributed by atoms with van der Waals surface area (Å²) in [5, 5.41) is 8.24. The van der Waals surface area contributed by atoms with Crippen LogP contribution in [0.5, 0.6) is 0 Å². The molecule has 0 atom stereocenters. The van der Waals surface area contributed by atoms with E-state index in [-0.39, 0.29) is 20.4 Å². The Bertz CT molecular complexity index is 170. The topological polar surface area (TPSA) is 23.8 Å². The summed E-state index contributed by atoms with van der Waals surface area (Å²) in [5.74, 6) is 0. The van der Waals surface area contributed by atoms with E-state index in [0.29, 0.717) is 0 Å². The van der Waals surface area contributed by atoms with Crippen LogP contribution in [0.3, 0.4) is 0 Å². The van der Waals surface area contributed by atoms with Gasteiger partial charge < -0.3 is 0 Å². The summed E-state index contributed by atoms with van der Waals surface area (Å²) in [5.41, 5.74) is 0. The van der Waals surface area contributed by atoms with E-state index in [1.165, 1.54) is 0 Å². The van der Waals surface area contributed by atoms with Crippen molar-refractivity contribution in [3.63, 3.8) is 0 Å². The monoisotopic (exact) mass is 207 g/mol. The van der Waals surface area contributed by atoms with Gasteiger partial charge in [-0.2, -0.15) is 0 Å². The van der Waals surface area contributed by atoms with E-state index < -0.39 is 0 Å². The van der Waals surface area contributed by atoms with Crippen LogP contribution in [0.2, 0.25) is 0 Å². The molecule has 0 saturated carbocycles. The molecular weight excluding hydrogens is 202 g/mol. The van der Waals surface area contributed by atoms with Crippen LogP contribution in [0.4, 0.5) is 0 Å². The SMILES string of the molecule is N#Cc1ccc[te]1. The second kappa shape index (κ2) is 2.17. The van der Waals surface area contributed by atoms with Gasteiger partial charge in [-0.25, -0.2) is 0 Å². The molecule has 0 aliphatic heterocycles. The molecule has 0 aliphatic carbocycles. The Kier molecular flexibility index (Phi) is 1.52. The van der Waals surface area contributed by atoms with Crippen molar-refractivity contribution in [2.45, 2.75) is 0 Å². The fourth-order valence-corrected chi connectivity index (χ4v) is 1.81. The maximum absolute atomic E-state index is 8.24. The third-order valence-corrected chi connectivity index (χ3v) is 2.84. The Hall–Kier alpha value is -0.240. The molecule has 0 unspecified atom stereocenters. The molecule has 1 aromatic rings. The molecule has 2 heteroatoms. The molecule has 1 heterocycles. The fourth-order valence-electron chi connectivity index (χ4n) is 0.342. The van der Waals surface area contributed by atoms with Crippen molar-refractivity contribution in [3.8, 4) is 6.07 Å². The third kappa shape index (κ3) is 1.06. The number of nitriles is 1. The second-order valence-electron chi connectivity index (χ2n) is 1.09. The first-order valence-electron chi connectivity index (χ1n) is 1.87. The van der Waals surface area contributed by atoms with Gasteiger partial charge in [-0.15, -0.1) is 0 Å². The quantitative estimate of drug-likeness (QED) is 0.569. The fraction of sp³-hybridized carbons (Fsp3) is 0. The van der Waals surface area contributed by atoms with Crippen molar-refractivity contribution in [1.82, 2.24) is 0 Å². The molecule has 1 nitrogen and oxygen atoms in total. The molecule has 0 aliphatic rings. The Labute approximate surface area is 51.8 Å². The van der Waals surface area contributed by atoms with Crippen molar-refractivity contribution in [2.75, 3.05) is 0 Å². The summed E-state index contributed by atoms with van der Waals surface area (Å²) in [6.07, 6.45) is 0. The standard InChI is InChI=1S/C5H3NTe/c6-4-5-2-1-3-7-5/h1-3H. The molecule has 7 heavy (non-hydrogen) atoms. The first-order valence-corrected chi connectivity index (χ1v) is 4.38. The van der Waals surface area contributed by atoms with Gasteiger partial charge >= 0.3 is 51.6 Å². The van der Waals surface area contributed by atoms with Crippen LogP contribution in [-0.4, -0.2) is 20.4 Å². The zero-order chi connectivity index (χ0) is 5.11. The first kappa shape index (κ1) is 4.91. The van der Waals surface area contributed by atoms with Gasteiger partial charge in [0.2, 0.25) is 0 Å². The van der Waals surface area contributed by atoms with E-state index in [0.717, 1.165) is 3.58 Å². The predicted molar refractivity (Wildman–Crippen MR) is 28.1 cm³/mol. The number of nitrogens with zero attached hydrogens (tertiary/aromatic N) is 1. The van der Waals surface area contributed by atoms with E-state index in [9.17, 15) is 0 Å². The first-order chi connectivity index (χ1) is 3.43. The van der Waals surface area contributed by atoms with Gasteiger partial charge in [-0.3, -0.25) is 0 Å². The zero-order valence-electron chi connectivity index (χ0n) is 3.59. The van der Waals surface area contributed by atoms with Crippen molar-refractivity contribution < 1.29 is 0 Å². The molecule has 1 aromatic heterocycles. The molecule has 0 radical (unpaired) electrons. The Morgan fingerprint density at radius 2 is 2.57 bits per heavy atom. The van der Waals surface area contributed by atoms with Crippen LogP contribution in [0, 0.1) is 11.3 Å². The predicted octanol–water partition coefficient (Wildman–Crippen LogP) is 0.615. The van der Waals surface area contributed by atoms with Crippen LogP contribution in [0.25, 0.3) is 0 Å². The molecule has 34 valence electrons. The number of hydrogen-bond donors (Lipinski definition) is 0. The Morgan fingerprint density at radius 1 is 1.71 bits per heavy atom. The summed E-state index contributed by atoms with van der Waals surface area (Å²) < 4.78 is 3.09. The van der Waals surface area contributed by atoms with Crippen LogP contribution in [0.15, 0.2) is 16.2 Å². The number of hydrogen-bond acceptors (Lipinski definition) is 1. The molecule has 0 saturated heterocycles. The zero-order valence-corrected chi connectivity index (χ0v) is 5.92. The summed E-state index contributed by atoms with van der Waals surface area (Å²) in [6.45, 7) is 0. The Morgan fingerprint density at radius 3 is 2.86 bits per heavy atom. The molecule has 0 aromatic carbocycles. The normalized spacial score (nSPS) is 7.86. The molecule has 1 rings (SSSR count). The van der Waals surface area contributed by atoms with Gasteiger partial charge in [0.15, 0.2) is 0 Å². The van der Waals surface area contributed by atoms with Crippen molar-refractivity contribution in [2.24, 2.45) is 0 Å². The van der Waals surface area contributed by atoms with Crippen LogP contribution in [-0.2, 0) is 0 Å². The van der Waals surface area contributed by atoms with E-state index in [2.05, 4.69) is 10.2 Å². The van der Waals surface area contributed by atoms with Crippen LogP contribution < -0.4 is 0 Å². The van der Waals surface area contributed by atoms with Crippen molar-refractivity contribution in [1.29, 1.82) is 5.26 Å².